The van der Waals surface area contributed by atoms with Crippen LogP contribution in [0.1, 0.15) is 33.6 Å². The Bertz CT molecular complexity index is 229. The first-order valence-corrected chi connectivity index (χ1v) is 5.60. The van der Waals surface area contributed by atoms with Crippen LogP contribution in [0.3, 0.4) is 0 Å². The third-order valence-corrected chi connectivity index (χ3v) is 2.07. The van der Waals surface area contributed by atoms with Crippen LogP contribution >= 0.6 is 0 Å². The molecule has 1 unspecified atom stereocenters. The number of aliphatic hydroxyl groups excluding tert-OH is 1. The number of rotatable bonds is 7. The van der Waals surface area contributed by atoms with Crippen molar-refractivity contribution in [1.82, 2.24) is 10.6 Å². The minimum absolute atomic E-state index is 0.0515. The molecular weight excluding hydrogens is 208 g/mol. The molecule has 94 valence electrons. The zero-order valence-corrected chi connectivity index (χ0v) is 10.2. The van der Waals surface area contributed by atoms with Crippen LogP contribution in [0, 0.1) is 5.92 Å². The first kappa shape index (κ1) is 14.9. The second kappa shape index (κ2) is 8.10. The van der Waals surface area contributed by atoms with E-state index in [2.05, 4.69) is 10.6 Å². The zero-order chi connectivity index (χ0) is 12.6. The Hall–Kier alpha value is -1.10. The highest BCUT2D eigenvalue weighted by Crippen LogP contribution is 2.04. The van der Waals surface area contributed by atoms with Crippen LogP contribution in [0.4, 0.5) is 0 Å². The van der Waals surface area contributed by atoms with Gasteiger partial charge in [-0.2, -0.15) is 0 Å². The van der Waals surface area contributed by atoms with Crippen LogP contribution in [-0.2, 0) is 9.59 Å². The van der Waals surface area contributed by atoms with E-state index in [-0.39, 0.29) is 30.9 Å². The Balaban J connectivity index is 3.78. The monoisotopic (exact) mass is 230 g/mol. The van der Waals surface area contributed by atoms with Gasteiger partial charge in [-0.15, -0.1) is 0 Å². The van der Waals surface area contributed by atoms with E-state index in [9.17, 15) is 9.59 Å². The lowest BCUT2D eigenvalue weighted by Gasteiger charge is -2.18. The average molecular weight is 230 g/mol. The molecule has 0 aliphatic rings. The smallest absolute Gasteiger partial charge is 0.222 e. The molecule has 0 saturated heterocycles. The van der Waals surface area contributed by atoms with Gasteiger partial charge >= 0.3 is 0 Å². The van der Waals surface area contributed by atoms with Gasteiger partial charge in [-0.05, 0) is 12.3 Å². The summed E-state index contributed by atoms with van der Waals surface area (Å²) in [6.07, 6.45) is 0.997. The van der Waals surface area contributed by atoms with Gasteiger partial charge in [0.2, 0.25) is 11.8 Å². The average Bonchev–Trinajstić information content (AvgIpc) is 2.15. The van der Waals surface area contributed by atoms with Gasteiger partial charge in [-0.1, -0.05) is 13.8 Å². The van der Waals surface area contributed by atoms with Crippen LogP contribution in [0.25, 0.3) is 0 Å². The van der Waals surface area contributed by atoms with Gasteiger partial charge in [0.1, 0.15) is 0 Å². The topological polar surface area (TPSA) is 78.4 Å². The number of amides is 2. The van der Waals surface area contributed by atoms with Gasteiger partial charge in [0.25, 0.3) is 0 Å². The van der Waals surface area contributed by atoms with Crippen molar-refractivity contribution in [2.24, 2.45) is 5.92 Å². The molecule has 0 fully saturated rings. The molecule has 0 radical (unpaired) electrons. The van der Waals surface area contributed by atoms with Crippen molar-refractivity contribution in [3.8, 4) is 0 Å². The Labute approximate surface area is 96.6 Å². The van der Waals surface area contributed by atoms with E-state index in [1.807, 2.05) is 13.8 Å². The normalized spacial score (nSPS) is 12.3. The summed E-state index contributed by atoms with van der Waals surface area (Å²) in [5.74, 6) is 0.134. The number of nitrogens with one attached hydrogen (secondary N) is 2. The number of hydrogen-bond acceptors (Lipinski definition) is 3. The van der Waals surface area contributed by atoms with Crippen LogP contribution in [-0.4, -0.2) is 36.1 Å². The predicted molar refractivity (Wildman–Crippen MR) is 61.8 cm³/mol. The quantitative estimate of drug-likeness (QED) is 0.577. The first-order valence-electron chi connectivity index (χ1n) is 5.60. The van der Waals surface area contributed by atoms with Crippen molar-refractivity contribution in [2.75, 3.05) is 13.2 Å². The predicted octanol–water partition coefficient (Wildman–Crippen LogP) is 0.0358. The highest BCUT2D eigenvalue weighted by atomic mass is 16.3. The maximum absolute atomic E-state index is 11.4. The molecule has 3 N–H and O–H groups in total. The van der Waals surface area contributed by atoms with Crippen molar-refractivity contribution in [2.45, 2.75) is 39.7 Å². The molecule has 1 atom stereocenters. The maximum Gasteiger partial charge on any atom is 0.222 e. The van der Waals surface area contributed by atoms with E-state index in [1.165, 1.54) is 6.92 Å². The van der Waals surface area contributed by atoms with Gasteiger partial charge in [-0.25, -0.2) is 0 Å². The fourth-order valence-corrected chi connectivity index (χ4v) is 1.40. The second-order valence-electron chi connectivity index (χ2n) is 4.31. The highest BCUT2D eigenvalue weighted by Gasteiger charge is 2.12. The SMILES string of the molecule is CC(=O)NCCC(=O)NC(CO)CC(C)C. The molecule has 0 spiro atoms. The van der Waals surface area contributed by atoms with Crippen LogP contribution < -0.4 is 10.6 Å². The lowest BCUT2D eigenvalue weighted by atomic mass is 10.0. The summed E-state index contributed by atoms with van der Waals surface area (Å²) in [5.41, 5.74) is 0. The highest BCUT2D eigenvalue weighted by molar-refractivity contribution is 5.78. The molecule has 0 rings (SSSR count). The summed E-state index contributed by atoms with van der Waals surface area (Å²) < 4.78 is 0. The van der Waals surface area contributed by atoms with E-state index in [0.717, 1.165) is 6.42 Å². The van der Waals surface area contributed by atoms with Crippen LogP contribution in [0.2, 0.25) is 0 Å². The molecule has 0 aromatic heterocycles. The van der Waals surface area contributed by atoms with Crippen LogP contribution in [0.15, 0.2) is 0 Å². The van der Waals surface area contributed by atoms with Crippen molar-refractivity contribution < 1.29 is 14.7 Å². The van der Waals surface area contributed by atoms with Crippen molar-refractivity contribution in [3.63, 3.8) is 0 Å². The fourth-order valence-electron chi connectivity index (χ4n) is 1.40. The third-order valence-electron chi connectivity index (χ3n) is 2.07. The van der Waals surface area contributed by atoms with Crippen molar-refractivity contribution in [3.05, 3.63) is 0 Å². The van der Waals surface area contributed by atoms with Crippen molar-refractivity contribution in [1.29, 1.82) is 0 Å². The number of carbonyl (C=O) groups excluding carboxylic acids is 2. The summed E-state index contributed by atoms with van der Waals surface area (Å²) in [6.45, 7) is 5.76. The minimum Gasteiger partial charge on any atom is -0.394 e. The van der Waals surface area contributed by atoms with Gasteiger partial charge in [0, 0.05) is 19.9 Å². The molecule has 0 aliphatic heterocycles. The first-order chi connectivity index (χ1) is 7.45. The molecule has 16 heavy (non-hydrogen) atoms. The molecule has 5 heteroatoms. The summed E-state index contributed by atoms with van der Waals surface area (Å²) in [6, 6.07) is -0.190. The summed E-state index contributed by atoms with van der Waals surface area (Å²) in [4.78, 5) is 22.0. The maximum atomic E-state index is 11.4. The van der Waals surface area contributed by atoms with E-state index in [0.29, 0.717) is 12.5 Å². The molecule has 0 aromatic carbocycles. The van der Waals surface area contributed by atoms with Crippen molar-refractivity contribution >= 4 is 11.8 Å². The second-order valence-corrected chi connectivity index (χ2v) is 4.31. The van der Waals surface area contributed by atoms with Gasteiger partial charge in [-0.3, -0.25) is 9.59 Å². The lowest BCUT2D eigenvalue weighted by molar-refractivity contribution is -0.122. The fraction of sp³-hybridized carbons (Fsp3) is 0.818. The van der Waals surface area contributed by atoms with Gasteiger partial charge in [0.15, 0.2) is 0 Å². The number of carbonyl (C=O) groups is 2. The summed E-state index contributed by atoms with van der Waals surface area (Å²) in [5, 5.41) is 14.3. The largest absolute Gasteiger partial charge is 0.394 e. The molecule has 0 aromatic rings. The third kappa shape index (κ3) is 8.23. The molecule has 0 bridgehead atoms. The molecule has 5 nitrogen and oxygen atoms in total. The van der Waals surface area contributed by atoms with E-state index in [4.69, 9.17) is 5.11 Å². The summed E-state index contributed by atoms with van der Waals surface area (Å²) in [7, 11) is 0. The van der Waals surface area contributed by atoms with Gasteiger partial charge < -0.3 is 15.7 Å². The molecule has 0 heterocycles. The minimum atomic E-state index is -0.190. The summed E-state index contributed by atoms with van der Waals surface area (Å²) >= 11 is 0. The Morgan fingerprint density at radius 1 is 1.31 bits per heavy atom. The molecule has 0 aliphatic carbocycles. The van der Waals surface area contributed by atoms with Crippen LogP contribution in [0.5, 0.6) is 0 Å². The van der Waals surface area contributed by atoms with E-state index in [1.54, 1.807) is 0 Å². The Kier molecular flexibility index (Phi) is 7.54. The molecular formula is C11H22N2O3. The standard InChI is InChI=1S/C11H22N2O3/c1-8(2)6-10(7-14)13-11(16)4-5-12-9(3)15/h8,10,14H,4-7H2,1-3H3,(H,12,15)(H,13,16). The Morgan fingerprint density at radius 3 is 2.38 bits per heavy atom. The van der Waals surface area contributed by atoms with Gasteiger partial charge in [0.05, 0.1) is 12.6 Å². The molecule has 2 amide bonds. The number of aliphatic hydroxyl groups is 1. The van der Waals surface area contributed by atoms with E-state index < -0.39 is 0 Å². The zero-order valence-electron chi connectivity index (χ0n) is 10.2. The number of hydrogen-bond donors (Lipinski definition) is 3. The Morgan fingerprint density at radius 2 is 1.94 bits per heavy atom. The molecule has 0 saturated carbocycles. The van der Waals surface area contributed by atoms with E-state index >= 15 is 0 Å². The lowest BCUT2D eigenvalue weighted by Crippen LogP contribution is -2.39.